The van der Waals surface area contributed by atoms with Crippen molar-refractivity contribution in [2.24, 2.45) is 0 Å². The van der Waals surface area contributed by atoms with E-state index in [4.69, 9.17) is 9.47 Å². The van der Waals surface area contributed by atoms with Crippen LogP contribution in [0.15, 0.2) is 78.9 Å². The maximum absolute atomic E-state index is 14.5. The van der Waals surface area contributed by atoms with Gasteiger partial charge in [0.1, 0.15) is 17.3 Å². The van der Waals surface area contributed by atoms with Gasteiger partial charge in [-0.25, -0.2) is 9.18 Å². The number of esters is 1. The van der Waals surface area contributed by atoms with E-state index < -0.39 is 11.8 Å². The van der Waals surface area contributed by atoms with Gasteiger partial charge < -0.3 is 9.47 Å². The molecule has 3 aromatic carbocycles. The Balaban J connectivity index is 1.80. The molecule has 0 aliphatic carbocycles. The Morgan fingerprint density at radius 2 is 1.43 bits per heavy atom. The van der Waals surface area contributed by atoms with E-state index in [1.165, 1.54) is 13.0 Å². The van der Waals surface area contributed by atoms with E-state index in [0.717, 1.165) is 11.1 Å². The van der Waals surface area contributed by atoms with E-state index in [1.54, 1.807) is 24.3 Å². The fourth-order valence-corrected chi connectivity index (χ4v) is 2.61. The van der Waals surface area contributed by atoms with Crippen molar-refractivity contribution in [3.8, 4) is 33.8 Å². The Morgan fingerprint density at radius 1 is 0.893 bits per heavy atom. The Morgan fingerprint density at radius 3 is 1.96 bits per heavy atom. The third-order valence-corrected chi connectivity index (χ3v) is 4.07. The summed E-state index contributed by atoms with van der Waals surface area (Å²) in [5.74, 6) is -0.496. The minimum Gasteiger partial charge on any atom is -0.429 e. The van der Waals surface area contributed by atoms with Gasteiger partial charge in [0.25, 0.3) is 6.47 Å². The number of hydrogen-bond acceptors (Lipinski definition) is 4. The molecule has 0 atom stereocenters. The highest BCUT2D eigenvalue weighted by Gasteiger charge is 2.10. The predicted molar refractivity (Wildman–Crippen MR) is 104 cm³/mol. The number of ether oxygens (including phenoxy) is 2. The molecule has 140 valence electrons. The van der Waals surface area contributed by atoms with E-state index >= 15 is 0 Å². The summed E-state index contributed by atoms with van der Waals surface area (Å²) in [6, 6.07) is 18.7. The summed E-state index contributed by atoms with van der Waals surface area (Å²) in [6.07, 6.45) is 0. The quantitative estimate of drug-likeness (QED) is 0.258. The summed E-state index contributed by atoms with van der Waals surface area (Å²) >= 11 is 0. The molecule has 0 radical (unpaired) electrons. The number of benzene rings is 3. The van der Waals surface area contributed by atoms with Crippen molar-refractivity contribution < 1.29 is 23.5 Å². The van der Waals surface area contributed by atoms with Crippen molar-refractivity contribution >= 4 is 12.4 Å². The van der Waals surface area contributed by atoms with Crippen molar-refractivity contribution in [2.75, 3.05) is 0 Å². The second-order valence-electron chi connectivity index (χ2n) is 6.13. The lowest BCUT2D eigenvalue weighted by Gasteiger charge is -2.09. The van der Waals surface area contributed by atoms with Crippen LogP contribution in [-0.4, -0.2) is 12.4 Å². The number of carbonyl (C=O) groups is 2. The molecule has 3 rings (SSSR count). The van der Waals surface area contributed by atoms with Gasteiger partial charge in [0.15, 0.2) is 0 Å². The molecule has 5 heteroatoms. The van der Waals surface area contributed by atoms with Crippen LogP contribution in [0.3, 0.4) is 0 Å². The van der Waals surface area contributed by atoms with Gasteiger partial charge in [-0.1, -0.05) is 43.0 Å². The second-order valence-corrected chi connectivity index (χ2v) is 6.13. The number of hydrogen-bond donors (Lipinski definition) is 0. The Labute approximate surface area is 161 Å². The van der Waals surface area contributed by atoms with Crippen LogP contribution in [-0.2, 0) is 9.59 Å². The monoisotopic (exact) mass is 376 g/mol. The van der Waals surface area contributed by atoms with Crippen LogP contribution in [0.1, 0.15) is 6.92 Å². The predicted octanol–water partition coefficient (Wildman–Crippen LogP) is 5.18. The van der Waals surface area contributed by atoms with Crippen molar-refractivity contribution in [3.05, 3.63) is 84.7 Å². The lowest BCUT2D eigenvalue weighted by atomic mass is 10.00. The fourth-order valence-electron chi connectivity index (χ4n) is 2.61. The van der Waals surface area contributed by atoms with Gasteiger partial charge >= 0.3 is 5.97 Å². The molecular weight excluding hydrogens is 359 g/mol. The van der Waals surface area contributed by atoms with Gasteiger partial charge in [-0.3, -0.25) is 4.79 Å². The number of halogens is 1. The molecular formula is C23H17FO4. The zero-order valence-corrected chi connectivity index (χ0v) is 15.1. The molecule has 0 fully saturated rings. The molecule has 3 aromatic rings. The first kappa shape index (κ1) is 19.0. The molecule has 0 saturated heterocycles. The van der Waals surface area contributed by atoms with E-state index in [-0.39, 0.29) is 11.3 Å². The average molecular weight is 376 g/mol. The molecule has 28 heavy (non-hydrogen) atoms. The van der Waals surface area contributed by atoms with Crippen LogP contribution < -0.4 is 9.47 Å². The summed E-state index contributed by atoms with van der Waals surface area (Å²) < 4.78 is 24.3. The van der Waals surface area contributed by atoms with Crippen LogP contribution in [0, 0.1) is 5.82 Å². The van der Waals surface area contributed by atoms with Crippen LogP contribution in [0.2, 0.25) is 0 Å². The van der Waals surface area contributed by atoms with Gasteiger partial charge in [-0.2, -0.15) is 0 Å². The van der Waals surface area contributed by atoms with Crippen LogP contribution in [0.5, 0.6) is 11.5 Å². The van der Waals surface area contributed by atoms with Gasteiger partial charge in [-0.15, -0.1) is 0 Å². The minimum absolute atomic E-state index is 0.128. The topological polar surface area (TPSA) is 52.6 Å². The number of rotatable bonds is 6. The van der Waals surface area contributed by atoms with E-state index in [0.29, 0.717) is 23.3 Å². The maximum Gasteiger partial charge on any atom is 0.338 e. The van der Waals surface area contributed by atoms with Crippen LogP contribution >= 0.6 is 0 Å². The summed E-state index contributed by atoms with van der Waals surface area (Å²) in [5, 5.41) is 0. The van der Waals surface area contributed by atoms with Gasteiger partial charge in [0.05, 0.1) is 0 Å². The first-order valence-corrected chi connectivity index (χ1v) is 8.46. The molecule has 0 bridgehead atoms. The molecule has 0 spiro atoms. The maximum atomic E-state index is 14.5. The zero-order chi connectivity index (χ0) is 20.1. The molecule has 0 unspecified atom stereocenters. The third-order valence-electron chi connectivity index (χ3n) is 4.07. The van der Waals surface area contributed by atoms with Gasteiger partial charge in [0, 0.05) is 17.2 Å². The van der Waals surface area contributed by atoms with Gasteiger partial charge in [-0.05, 0) is 47.9 Å². The smallest absolute Gasteiger partial charge is 0.338 e. The fraction of sp³-hybridized carbons (Fsp3) is 0.0435. The van der Waals surface area contributed by atoms with Crippen molar-refractivity contribution in [3.63, 3.8) is 0 Å². The van der Waals surface area contributed by atoms with E-state index in [1.807, 2.05) is 36.4 Å². The highest BCUT2D eigenvalue weighted by molar-refractivity contribution is 5.88. The molecule has 4 nitrogen and oxygen atoms in total. The Bertz CT molecular complexity index is 1020. The molecule has 0 aliphatic rings. The molecule has 0 aromatic heterocycles. The zero-order valence-electron chi connectivity index (χ0n) is 15.1. The summed E-state index contributed by atoms with van der Waals surface area (Å²) in [7, 11) is 0. The first-order valence-electron chi connectivity index (χ1n) is 8.46. The third kappa shape index (κ3) is 4.32. The lowest BCUT2D eigenvalue weighted by Crippen LogP contribution is -2.08. The van der Waals surface area contributed by atoms with Crippen LogP contribution in [0.4, 0.5) is 4.39 Å². The minimum atomic E-state index is -0.596. The molecule has 0 saturated carbocycles. The van der Waals surface area contributed by atoms with Crippen molar-refractivity contribution in [1.29, 1.82) is 0 Å². The molecule has 0 heterocycles. The van der Waals surface area contributed by atoms with Crippen molar-refractivity contribution in [2.45, 2.75) is 6.92 Å². The molecule has 0 amide bonds. The number of carbonyl (C=O) groups excluding carboxylic acids is 2. The van der Waals surface area contributed by atoms with E-state index in [9.17, 15) is 14.0 Å². The normalized spacial score (nSPS) is 10.2. The lowest BCUT2D eigenvalue weighted by molar-refractivity contribution is -0.130. The molecule has 0 aliphatic heterocycles. The van der Waals surface area contributed by atoms with E-state index in [2.05, 4.69) is 6.58 Å². The summed E-state index contributed by atoms with van der Waals surface area (Å²) in [6.45, 7) is 5.40. The molecule has 0 N–H and O–H groups in total. The Hall–Kier alpha value is -3.73. The van der Waals surface area contributed by atoms with Crippen LogP contribution in [0.25, 0.3) is 22.3 Å². The van der Waals surface area contributed by atoms with Gasteiger partial charge in [0.2, 0.25) is 0 Å². The SMILES string of the molecule is C=C(C)C(=O)Oc1ccc(-c2ccc(-c3ccc(OC=O)cc3)cc2)c(F)c1. The average Bonchev–Trinajstić information content (AvgIpc) is 2.69. The highest BCUT2D eigenvalue weighted by Crippen LogP contribution is 2.29. The first-order chi connectivity index (χ1) is 13.5. The Kier molecular flexibility index (Phi) is 5.65. The largest absolute Gasteiger partial charge is 0.429 e. The summed E-state index contributed by atoms with van der Waals surface area (Å²) in [5.41, 5.74) is 3.21. The van der Waals surface area contributed by atoms with Crippen molar-refractivity contribution in [1.82, 2.24) is 0 Å². The summed E-state index contributed by atoms with van der Waals surface area (Å²) in [4.78, 5) is 21.9. The standard InChI is InChI=1S/C23H17FO4/c1-15(2)23(26)28-20-11-12-21(22(24)13-20)18-5-3-16(4-6-18)17-7-9-19(10-8-17)27-14-25/h3-14H,1H2,2H3. The second kappa shape index (κ2) is 8.31. The highest BCUT2D eigenvalue weighted by atomic mass is 19.1.